The number of aromatic nitrogens is 1. The molecule has 0 bridgehead atoms. The first-order valence-corrected chi connectivity index (χ1v) is 7.08. The van der Waals surface area contributed by atoms with Crippen LogP contribution in [0.5, 0.6) is 0 Å². The van der Waals surface area contributed by atoms with Crippen molar-refractivity contribution in [2.24, 2.45) is 0 Å². The van der Waals surface area contributed by atoms with E-state index < -0.39 is 5.97 Å². The third-order valence-corrected chi connectivity index (χ3v) is 2.99. The highest BCUT2D eigenvalue weighted by Gasteiger charge is 2.15. The Labute approximate surface area is 124 Å². The van der Waals surface area contributed by atoms with Crippen LogP contribution in [0.2, 0.25) is 0 Å². The van der Waals surface area contributed by atoms with Crippen LogP contribution in [0.4, 0.5) is 0 Å². The Balaban J connectivity index is 0.000000497. The average Bonchev–Trinajstić information content (AvgIpc) is 2.89. The molecule has 0 amide bonds. The predicted molar refractivity (Wildman–Crippen MR) is 86.7 cm³/mol. The van der Waals surface area contributed by atoms with Crippen LogP contribution in [-0.4, -0.2) is 16.1 Å². The predicted octanol–water partition coefficient (Wildman–Crippen LogP) is 4.95. The number of benzene rings is 2. The molecule has 0 atom stereocenters. The summed E-state index contributed by atoms with van der Waals surface area (Å²) < 4.78 is 0. The lowest BCUT2D eigenvalue weighted by Crippen LogP contribution is -1.96. The van der Waals surface area contributed by atoms with Gasteiger partial charge in [0.2, 0.25) is 0 Å². The molecule has 2 N–H and O–H groups in total. The Bertz CT molecular complexity index is 729. The topological polar surface area (TPSA) is 53.1 Å². The Hall–Kier alpha value is -2.55. The lowest BCUT2D eigenvalue weighted by molar-refractivity contribution is 0.0693. The van der Waals surface area contributed by atoms with Gasteiger partial charge in [-0.1, -0.05) is 74.9 Å². The molecule has 108 valence electrons. The monoisotopic (exact) mass is 281 g/mol. The smallest absolute Gasteiger partial charge is 0.352 e. The van der Waals surface area contributed by atoms with E-state index >= 15 is 0 Å². The minimum absolute atomic E-state index is 0.240. The van der Waals surface area contributed by atoms with E-state index in [0.717, 1.165) is 22.0 Å². The summed E-state index contributed by atoms with van der Waals surface area (Å²) in [7, 11) is 0. The van der Waals surface area contributed by atoms with Gasteiger partial charge in [0, 0.05) is 10.8 Å². The van der Waals surface area contributed by atoms with Gasteiger partial charge in [0.1, 0.15) is 5.69 Å². The van der Waals surface area contributed by atoms with Crippen molar-refractivity contribution in [2.45, 2.75) is 20.3 Å². The Morgan fingerprint density at radius 1 is 0.952 bits per heavy atom. The van der Waals surface area contributed by atoms with Crippen molar-refractivity contribution in [2.75, 3.05) is 0 Å². The molecule has 0 aliphatic heterocycles. The molecule has 3 rings (SSSR count). The van der Waals surface area contributed by atoms with Crippen LogP contribution >= 0.6 is 0 Å². The molecule has 0 saturated carbocycles. The van der Waals surface area contributed by atoms with E-state index in [9.17, 15) is 9.90 Å². The third kappa shape index (κ3) is 3.14. The number of aromatic carboxylic acids is 1. The summed E-state index contributed by atoms with van der Waals surface area (Å²) in [6, 6.07) is 17.2. The van der Waals surface area contributed by atoms with E-state index in [1.807, 2.05) is 54.6 Å². The molecule has 3 heteroatoms. The number of carboxylic acid groups (broad SMARTS) is 1. The molecule has 0 radical (unpaired) electrons. The summed E-state index contributed by atoms with van der Waals surface area (Å²) in [6.07, 6.45) is 1.25. The summed E-state index contributed by atoms with van der Waals surface area (Å²) >= 11 is 0. The molecule has 1 aromatic heterocycles. The van der Waals surface area contributed by atoms with E-state index in [1.165, 1.54) is 6.42 Å². The van der Waals surface area contributed by atoms with Gasteiger partial charge in [0.25, 0.3) is 0 Å². The number of nitrogens with one attached hydrogen (secondary N) is 1. The first-order chi connectivity index (χ1) is 10.2. The quantitative estimate of drug-likeness (QED) is 0.698. The zero-order chi connectivity index (χ0) is 15.2. The number of rotatable bonds is 2. The Morgan fingerprint density at radius 2 is 1.48 bits per heavy atom. The highest BCUT2D eigenvalue weighted by Crippen LogP contribution is 2.30. The van der Waals surface area contributed by atoms with Crippen molar-refractivity contribution in [3.8, 4) is 11.3 Å². The van der Waals surface area contributed by atoms with E-state index in [-0.39, 0.29) is 5.69 Å². The lowest BCUT2D eigenvalue weighted by Gasteiger charge is -1.98. The second kappa shape index (κ2) is 6.75. The van der Waals surface area contributed by atoms with Crippen LogP contribution in [0.3, 0.4) is 0 Å². The second-order valence-corrected chi connectivity index (χ2v) is 4.80. The fourth-order valence-electron chi connectivity index (χ4n) is 2.18. The fraction of sp³-hybridized carbons (Fsp3) is 0.167. The van der Waals surface area contributed by atoms with E-state index in [2.05, 4.69) is 18.8 Å². The summed E-state index contributed by atoms with van der Waals surface area (Å²) in [4.78, 5) is 14.2. The number of hydrogen-bond donors (Lipinski definition) is 2. The van der Waals surface area contributed by atoms with Gasteiger partial charge in [-0.2, -0.15) is 0 Å². The van der Waals surface area contributed by atoms with Crippen LogP contribution in [0.1, 0.15) is 30.8 Å². The number of hydrogen-bond acceptors (Lipinski definition) is 1. The van der Waals surface area contributed by atoms with Gasteiger partial charge in [0.05, 0.1) is 5.69 Å². The number of carboxylic acids is 1. The normalized spacial score (nSPS) is 10.0. The molecule has 3 nitrogen and oxygen atoms in total. The first kappa shape index (κ1) is 14.9. The zero-order valence-electron chi connectivity index (χ0n) is 12.3. The summed E-state index contributed by atoms with van der Waals surface area (Å²) in [5.74, 6) is -0.937. The molecule has 0 aliphatic carbocycles. The van der Waals surface area contributed by atoms with E-state index in [0.29, 0.717) is 0 Å². The Morgan fingerprint density at radius 3 is 2.05 bits per heavy atom. The second-order valence-electron chi connectivity index (χ2n) is 4.80. The lowest BCUT2D eigenvalue weighted by atomic mass is 10.1. The maximum absolute atomic E-state index is 11.2. The molecule has 3 aromatic rings. The number of carbonyl (C=O) groups is 1. The molecule has 21 heavy (non-hydrogen) atoms. The van der Waals surface area contributed by atoms with Crippen LogP contribution in [-0.2, 0) is 0 Å². The maximum atomic E-state index is 11.2. The van der Waals surface area contributed by atoms with Gasteiger partial charge in [-0.3, -0.25) is 0 Å². The van der Waals surface area contributed by atoms with Crippen LogP contribution in [0.25, 0.3) is 22.0 Å². The molecular weight excluding hydrogens is 262 g/mol. The van der Waals surface area contributed by atoms with Gasteiger partial charge in [-0.25, -0.2) is 4.79 Å². The van der Waals surface area contributed by atoms with E-state index in [4.69, 9.17) is 0 Å². The first-order valence-electron chi connectivity index (χ1n) is 7.08. The number of aromatic amines is 1. The standard InChI is InChI=1S/C15H11NO2.C3H8/c17-15(18)14-12-9-5-4-8-11(12)13(16-14)10-6-2-1-3-7-10;1-3-2/h1-9,16H,(H,17,18);3H2,1-2H3. The van der Waals surface area contributed by atoms with Crippen molar-refractivity contribution in [1.29, 1.82) is 0 Å². The molecule has 0 saturated heterocycles. The number of fused-ring (bicyclic) bond motifs is 1. The largest absolute Gasteiger partial charge is 0.477 e. The third-order valence-electron chi connectivity index (χ3n) is 2.99. The van der Waals surface area contributed by atoms with Crippen molar-refractivity contribution in [1.82, 2.24) is 4.98 Å². The molecule has 0 spiro atoms. The summed E-state index contributed by atoms with van der Waals surface area (Å²) in [5.41, 5.74) is 2.08. The van der Waals surface area contributed by atoms with Gasteiger partial charge >= 0.3 is 5.97 Å². The average molecular weight is 281 g/mol. The molecule has 0 unspecified atom stereocenters. The van der Waals surface area contributed by atoms with Gasteiger partial charge in [0.15, 0.2) is 0 Å². The van der Waals surface area contributed by atoms with Crippen LogP contribution in [0, 0.1) is 0 Å². The zero-order valence-corrected chi connectivity index (χ0v) is 12.3. The van der Waals surface area contributed by atoms with E-state index in [1.54, 1.807) is 0 Å². The summed E-state index contributed by atoms with van der Waals surface area (Å²) in [5, 5.41) is 10.9. The van der Waals surface area contributed by atoms with Gasteiger partial charge in [-0.05, 0) is 5.56 Å². The highest BCUT2D eigenvalue weighted by atomic mass is 16.4. The van der Waals surface area contributed by atoms with Crippen LogP contribution < -0.4 is 0 Å². The van der Waals surface area contributed by atoms with Crippen molar-refractivity contribution in [3.63, 3.8) is 0 Å². The minimum Gasteiger partial charge on any atom is -0.477 e. The maximum Gasteiger partial charge on any atom is 0.352 e. The molecular formula is C18H19NO2. The highest BCUT2D eigenvalue weighted by molar-refractivity contribution is 6.08. The van der Waals surface area contributed by atoms with Crippen molar-refractivity contribution >= 4 is 16.7 Å². The van der Waals surface area contributed by atoms with Gasteiger partial charge in [-0.15, -0.1) is 0 Å². The van der Waals surface area contributed by atoms with Gasteiger partial charge < -0.3 is 10.1 Å². The summed E-state index contributed by atoms with van der Waals surface area (Å²) in [6.45, 7) is 4.25. The SMILES string of the molecule is CCC.O=C(O)c1[nH]c(-c2ccccc2)c2ccccc12. The Kier molecular flexibility index (Phi) is 4.77. The minimum atomic E-state index is -0.937. The molecule has 1 heterocycles. The molecule has 0 fully saturated rings. The molecule has 2 aromatic carbocycles. The fourth-order valence-corrected chi connectivity index (χ4v) is 2.18. The van der Waals surface area contributed by atoms with Crippen molar-refractivity contribution < 1.29 is 9.90 Å². The van der Waals surface area contributed by atoms with Crippen LogP contribution in [0.15, 0.2) is 54.6 Å². The molecule has 0 aliphatic rings. The van der Waals surface area contributed by atoms with Crippen molar-refractivity contribution in [3.05, 3.63) is 60.3 Å². The number of H-pyrrole nitrogens is 1.